The average Bonchev–Trinajstić information content (AvgIpc) is 2.94. The van der Waals surface area contributed by atoms with E-state index in [4.69, 9.17) is 27.9 Å². The van der Waals surface area contributed by atoms with Crippen LogP contribution in [0.1, 0.15) is 6.92 Å². The van der Waals surface area contributed by atoms with Crippen LogP contribution in [0.3, 0.4) is 0 Å². The summed E-state index contributed by atoms with van der Waals surface area (Å²) in [5.41, 5.74) is 0.524. The first kappa shape index (κ1) is 31.1. The molecule has 9 nitrogen and oxygen atoms in total. The van der Waals surface area contributed by atoms with E-state index in [1.54, 1.807) is 19.1 Å². The highest BCUT2D eigenvalue weighted by molar-refractivity contribution is 7.93. The lowest BCUT2D eigenvalue weighted by molar-refractivity contribution is -0.114. The molecule has 0 spiro atoms. The molecule has 0 saturated heterocycles. The van der Waals surface area contributed by atoms with E-state index in [1.807, 2.05) is 0 Å². The first-order valence-electron chi connectivity index (χ1n) is 12.3. The van der Waals surface area contributed by atoms with Gasteiger partial charge in [0.25, 0.3) is 20.0 Å². The fraction of sp³-hybridized carbons (Fsp3) is 0.107. The number of hydrogen-bond donors (Lipinski definition) is 2. The van der Waals surface area contributed by atoms with Gasteiger partial charge in [-0.2, -0.15) is 0 Å². The molecular formula is C28H24Cl2FN3O6S2. The Morgan fingerprint density at radius 3 is 2.07 bits per heavy atom. The number of rotatable bonds is 11. The van der Waals surface area contributed by atoms with Crippen LogP contribution in [-0.4, -0.2) is 35.9 Å². The Kier molecular flexibility index (Phi) is 9.62. The van der Waals surface area contributed by atoms with Gasteiger partial charge >= 0.3 is 0 Å². The maximum absolute atomic E-state index is 13.5. The second-order valence-corrected chi connectivity index (χ2v) is 13.1. The standard InChI is InChI=1S/C28H24Cl2FN3O6S2/c1-2-40-23-10-8-22(9-11-23)34(42(38,39)25-12-4-20(31)5-13-25)18-28(35)32-21-6-14-24(15-7-21)41(36,37)33-27-16-3-19(29)17-26(27)30/h3-17,33H,2,18H2,1H3,(H,32,35). The minimum absolute atomic E-state index is 0.110. The third kappa shape index (κ3) is 7.51. The molecule has 4 aromatic rings. The van der Waals surface area contributed by atoms with Gasteiger partial charge in [-0.1, -0.05) is 23.2 Å². The molecule has 0 aliphatic rings. The number of anilines is 3. The van der Waals surface area contributed by atoms with Gasteiger partial charge in [-0.15, -0.1) is 0 Å². The zero-order chi connectivity index (χ0) is 30.5. The molecule has 1 amide bonds. The monoisotopic (exact) mass is 651 g/mol. The van der Waals surface area contributed by atoms with Crippen LogP contribution in [0.2, 0.25) is 10.0 Å². The average molecular weight is 653 g/mol. The molecule has 0 saturated carbocycles. The molecule has 0 radical (unpaired) electrons. The summed E-state index contributed by atoms with van der Waals surface area (Å²) in [6.07, 6.45) is 0. The third-order valence-electron chi connectivity index (χ3n) is 5.75. The molecule has 0 fully saturated rings. The first-order valence-corrected chi connectivity index (χ1v) is 16.0. The molecule has 0 unspecified atom stereocenters. The van der Waals surface area contributed by atoms with E-state index in [2.05, 4.69) is 10.0 Å². The fourth-order valence-corrected chi connectivity index (χ4v) is 6.76. The fourth-order valence-electron chi connectivity index (χ4n) is 3.75. The van der Waals surface area contributed by atoms with Crippen LogP contribution in [-0.2, 0) is 24.8 Å². The van der Waals surface area contributed by atoms with Crippen LogP contribution in [0.25, 0.3) is 0 Å². The summed E-state index contributed by atoms with van der Waals surface area (Å²) < 4.78 is 74.7. The third-order valence-corrected chi connectivity index (χ3v) is 9.47. The van der Waals surface area contributed by atoms with Gasteiger partial charge in [-0.05, 0) is 97.9 Å². The van der Waals surface area contributed by atoms with Crippen LogP contribution in [0.5, 0.6) is 5.75 Å². The molecule has 220 valence electrons. The molecule has 0 aliphatic heterocycles. The Morgan fingerprint density at radius 2 is 1.48 bits per heavy atom. The Balaban J connectivity index is 1.53. The van der Waals surface area contributed by atoms with Crippen molar-refractivity contribution in [3.05, 3.63) is 107 Å². The van der Waals surface area contributed by atoms with Crippen molar-refractivity contribution < 1.29 is 30.8 Å². The lowest BCUT2D eigenvalue weighted by Crippen LogP contribution is -2.38. The largest absolute Gasteiger partial charge is 0.494 e. The van der Waals surface area contributed by atoms with E-state index in [9.17, 15) is 26.0 Å². The van der Waals surface area contributed by atoms with Gasteiger partial charge < -0.3 is 10.1 Å². The van der Waals surface area contributed by atoms with Gasteiger partial charge in [0, 0.05) is 10.7 Å². The Morgan fingerprint density at radius 1 is 0.857 bits per heavy atom. The number of ether oxygens (including phenoxy) is 1. The molecule has 0 aromatic heterocycles. The van der Waals surface area contributed by atoms with E-state index in [0.29, 0.717) is 17.4 Å². The van der Waals surface area contributed by atoms with Crippen molar-refractivity contribution in [1.82, 2.24) is 0 Å². The summed E-state index contributed by atoms with van der Waals surface area (Å²) in [5, 5.41) is 3.03. The van der Waals surface area contributed by atoms with Crippen LogP contribution in [0.4, 0.5) is 21.5 Å². The van der Waals surface area contributed by atoms with Crippen molar-refractivity contribution in [2.24, 2.45) is 0 Å². The summed E-state index contributed by atoms with van der Waals surface area (Å²) in [7, 11) is -8.31. The number of nitrogens with one attached hydrogen (secondary N) is 2. The molecule has 4 rings (SSSR count). The minimum Gasteiger partial charge on any atom is -0.494 e. The maximum Gasteiger partial charge on any atom is 0.264 e. The second kappa shape index (κ2) is 13.0. The van der Waals surface area contributed by atoms with Crippen molar-refractivity contribution in [2.45, 2.75) is 16.7 Å². The number of nitrogens with zero attached hydrogens (tertiary/aromatic N) is 1. The molecule has 0 atom stereocenters. The lowest BCUT2D eigenvalue weighted by Gasteiger charge is -2.24. The highest BCUT2D eigenvalue weighted by atomic mass is 35.5. The molecule has 14 heteroatoms. The molecule has 0 heterocycles. The number of carbonyl (C=O) groups excluding carboxylic acids is 1. The Hall–Kier alpha value is -3.84. The highest BCUT2D eigenvalue weighted by Crippen LogP contribution is 2.29. The molecule has 4 aromatic carbocycles. The van der Waals surface area contributed by atoms with E-state index < -0.39 is 38.3 Å². The molecule has 2 N–H and O–H groups in total. The number of halogens is 3. The van der Waals surface area contributed by atoms with E-state index in [1.165, 1.54) is 54.6 Å². The first-order chi connectivity index (χ1) is 19.9. The number of amides is 1. The van der Waals surface area contributed by atoms with Gasteiger partial charge in [0.15, 0.2) is 0 Å². The van der Waals surface area contributed by atoms with Gasteiger partial charge in [0.1, 0.15) is 18.1 Å². The zero-order valence-electron chi connectivity index (χ0n) is 21.9. The van der Waals surface area contributed by atoms with E-state index in [0.717, 1.165) is 28.6 Å². The smallest absolute Gasteiger partial charge is 0.264 e. The number of benzene rings is 4. The lowest BCUT2D eigenvalue weighted by atomic mass is 10.3. The van der Waals surface area contributed by atoms with Gasteiger partial charge in [-0.25, -0.2) is 21.2 Å². The summed E-state index contributed by atoms with van der Waals surface area (Å²) in [6.45, 7) is 1.58. The predicted molar refractivity (Wildman–Crippen MR) is 161 cm³/mol. The molecule has 42 heavy (non-hydrogen) atoms. The van der Waals surface area contributed by atoms with Gasteiger partial charge in [-0.3, -0.25) is 13.8 Å². The quantitative estimate of drug-likeness (QED) is 0.200. The van der Waals surface area contributed by atoms with Crippen LogP contribution in [0, 0.1) is 5.82 Å². The molecule has 0 aliphatic carbocycles. The number of sulfonamides is 2. The van der Waals surface area contributed by atoms with Crippen LogP contribution >= 0.6 is 23.2 Å². The molecule has 0 bridgehead atoms. The predicted octanol–water partition coefficient (Wildman–Crippen LogP) is 6.17. The van der Waals surface area contributed by atoms with Crippen molar-refractivity contribution in [1.29, 1.82) is 0 Å². The summed E-state index contributed by atoms with van der Waals surface area (Å²) in [6, 6.07) is 19.9. The topological polar surface area (TPSA) is 122 Å². The van der Waals surface area contributed by atoms with E-state index >= 15 is 0 Å². The number of carbonyl (C=O) groups is 1. The van der Waals surface area contributed by atoms with Crippen LogP contribution in [0.15, 0.2) is 101 Å². The van der Waals surface area contributed by atoms with Gasteiger partial charge in [0.05, 0.1) is 32.8 Å². The van der Waals surface area contributed by atoms with E-state index in [-0.39, 0.29) is 31.9 Å². The highest BCUT2D eigenvalue weighted by Gasteiger charge is 2.27. The SMILES string of the molecule is CCOc1ccc(N(CC(=O)Nc2ccc(S(=O)(=O)Nc3ccc(Cl)cc3Cl)cc2)S(=O)(=O)c2ccc(F)cc2)cc1. The van der Waals surface area contributed by atoms with Crippen molar-refractivity contribution in [2.75, 3.05) is 27.5 Å². The van der Waals surface area contributed by atoms with Crippen LogP contribution < -0.4 is 19.1 Å². The summed E-state index contributed by atoms with van der Waals surface area (Å²) in [4.78, 5) is 12.7. The Labute approximate surface area is 252 Å². The van der Waals surface area contributed by atoms with Crippen molar-refractivity contribution in [3.63, 3.8) is 0 Å². The summed E-state index contributed by atoms with van der Waals surface area (Å²) >= 11 is 11.9. The molecular weight excluding hydrogens is 628 g/mol. The maximum atomic E-state index is 13.5. The minimum atomic E-state index is -4.29. The number of hydrogen-bond acceptors (Lipinski definition) is 6. The zero-order valence-corrected chi connectivity index (χ0v) is 25.1. The van der Waals surface area contributed by atoms with Gasteiger partial charge in [0.2, 0.25) is 5.91 Å². The summed E-state index contributed by atoms with van der Waals surface area (Å²) in [5.74, 6) is -0.819. The van der Waals surface area contributed by atoms with Crippen molar-refractivity contribution in [3.8, 4) is 5.75 Å². The normalized spacial score (nSPS) is 11.5. The second-order valence-electron chi connectivity index (χ2n) is 8.69. The Bertz CT molecular complexity index is 1790. The van der Waals surface area contributed by atoms with Crippen molar-refractivity contribution >= 4 is 66.2 Å².